The van der Waals surface area contributed by atoms with Crippen molar-refractivity contribution in [3.63, 3.8) is 0 Å². The maximum absolute atomic E-state index is 10.0. The Morgan fingerprint density at radius 2 is 1.76 bits per heavy atom. The van der Waals surface area contributed by atoms with E-state index in [9.17, 15) is 5.26 Å². The second kappa shape index (κ2) is 10.9. The molecule has 172 valence electrons. The van der Waals surface area contributed by atoms with Gasteiger partial charge in [0.25, 0.3) is 0 Å². The Morgan fingerprint density at radius 1 is 1.03 bits per heavy atom. The lowest BCUT2D eigenvalue weighted by Gasteiger charge is -2.22. The van der Waals surface area contributed by atoms with Crippen molar-refractivity contribution in [2.24, 2.45) is 0 Å². The molecule has 2 aromatic carbocycles. The van der Waals surface area contributed by atoms with Gasteiger partial charge in [-0.2, -0.15) is 5.26 Å². The molecule has 3 aromatic rings. The van der Waals surface area contributed by atoms with Gasteiger partial charge in [-0.05, 0) is 69.0 Å². The summed E-state index contributed by atoms with van der Waals surface area (Å²) in [6.45, 7) is 8.22. The second-order valence-electron chi connectivity index (χ2n) is 7.26. The van der Waals surface area contributed by atoms with Crippen molar-refractivity contribution < 1.29 is 9.47 Å². The number of ether oxygens (including phenoxy) is 2. The van der Waals surface area contributed by atoms with Crippen molar-refractivity contribution in [2.75, 3.05) is 43.8 Å². The quantitative estimate of drug-likeness (QED) is 0.322. The van der Waals surface area contributed by atoms with Crippen LogP contribution in [0.15, 0.2) is 41.6 Å². The number of aryl methyl sites for hydroxylation is 1. The maximum Gasteiger partial charge on any atom is 0.189 e. The summed E-state index contributed by atoms with van der Waals surface area (Å²) in [5, 5.41) is 14.0. The molecular weight excluding hydrogens is 434 g/mol. The molecule has 33 heavy (non-hydrogen) atoms. The fraction of sp³-hybridized carbons (Fsp3) is 0.320. The Hall–Kier alpha value is -3.44. The summed E-state index contributed by atoms with van der Waals surface area (Å²) in [4.78, 5) is 11.5. The van der Waals surface area contributed by atoms with Gasteiger partial charge in [-0.1, -0.05) is 11.8 Å². The summed E-state index contributed by atoms with van der Waals surface area (Å²) in [5.41, 5.74) is 4.79. The normalized spacial score (nSPS) is 10.5. The number of methoxy groups -OCH3 is 2. The highest BCUT2D eigenvalue weighted by atomic mass is 32.2. The van der Waals surface area contributed by atoms with Crippen LogP contribution < -0.4 is 19.7 Å². The van der Waals surface area contributed by atoms with Crippen molar-refractivity contribution in [2.45, 2.75) is 25.9 Å². The topological polar surface area (TPSA) is 83.3 Å². The molecule has 0 saturated heterocycles. The van der Waals surface area contributed by atoms with Crippen molar-refractivity contribution in [1.29, 1.82) is 5.26 Å². The summed E-state index contributed by atoms with van der Waals surface area (Å²) in [5.74, 6) is 1.65. The molecule has 0 spiro atoms. The summed E-state index contributed by atoms with van der Waals surface area (Å²) in [6, 6.07) is 14.0. The number of thioether (sulfide) groups is 1. The molecule has 0 amide bonds. The summed E-state index contributed by atoms with van der Waals surface area (Å²) >= 11 is 1.42. The number of anilines is 3. The van der Waals surface area contributed by atoms with Crippen molar-refractivity contribution in [3.05, 3.63) is 47.5 Å². The number of nitrogens with zero attached hydrogens (tertiary/aromatic N) is 4. The number of nitrogens with one attached hydrogen (secondary N) is 1. The largest absolute Gasteiger partial charge is 0.493 e. The third-order valence-corrected chi connectivity index (χ3v) is 5.98. The highest BCUT2D eigenvalue weighted by molar-refractivity contribution is 7.98. The molecular formula is C25H29N5O2S. The molecule has 0 atom stereocenters. The number of benzene rings is 2. The Kier molecular flexibility index (Phi) is 8.01. The molecule has 0 aliphatic carbocycles. The number of nitriles is 1. The lowest BCUT2D eigenvalue weighted by atomic mass is 10.1. The standard InChI is InChI=1S/C25H29N5O2S/c1-7-30(8-2)18-10-11-20(16(3)13-18)27-24-19(15-26)23(28-25(29-24)33-6)17-9-12-21(31-4)22(14-17)32-5/h9-14H,7-8H2,1-6H3,(H,27,28,29). The molecule has 0 radical (unpaired) electrons. The smallest absolute Gasteiger partial charge is 0.189 e. The van der Waals surface area contributed by atoms with Gasteiger partial charge in [-0.25, -0.2) is 9.97 Å². The van der Waals surface area contributed by atoms with E-state index in [1.54, 1.807) is 20.3 Å². The maximum atomic E-state index is 10.0. The molecule has 0 bridgehead atoms. The Labute approximate surface area is 199 Å². The van der Waals surface area contributed by atoms with Gasteiger partial charge in [0.1, 0.15) is 11.6 Å². The van der Waals surface area contributed by atoms with Gasteiger partial charge in [0, 0.05) is 30.0 Å². The van der Waals surface area contributed by atoms with Crippen molar-refractivity contribution in [3.8, 4) is 28.8 Å². The molecule has 0 unspecified atom stereocenters. The predicted octanol–water partition coefficient (Wildman–Crippen LogP) is 5.65. The fourth-order valence-electron chi connectivity index (χ4n) is 3.62. The van der Waals surface area contributed by atoms with E-state index in [0.717, 1.165) is 29.9 Å². The highest BCUT2D eigenvalue weighted by Crippen LogP contribution is 2.36. The van der Waals surface area contributed by atoms with E-state index in [1.807, 2.05) is 31.4 Å². The lowest BCUT2D eigenvalue weighted by Crippen LogP contribution is -2.21. The zero-order valence-corrected chi connectivity index (χ0v) is 20.7. The first kappa shape index (κ1) is 24.2. The van der Waals surface area contributed by atoms with Gasteiger partial charge in [0.05, 0.1) is 19.9 Å². The number of rotatable bonds is 9. The van der Waals surface area contributed by atoms with Crippen LogP contribution >= 0.6 is 11.8 Å². The van der Waals surface area contributed by atoms with E-state index in [0.29, 0.717) is 33.7 Å². The van der Waals surface area contributed by atoms with E-state index in [4.69, 9.17) is 9.47 Å². The average Bonchev–Trinajstić information content (AvgIpc) is 2.85. The minimum atomic E-state index is 0.368. The zero-order valence-electron chi connectivity index (χ0n) is 19.9. The molecule has 0 fully saturated rings. The van der Waals surface area contributed by atoms with E-state index in [1.165, 1.54) is 17.4 Å². The van der Waals surface area contributed by atoms with Crippen LogP contribution in [0.5, 0.6) is 11.5 Å². The molecule has 0 aliphatic rings. The molecule has 0 saturated carbocycles. The molecule has 8 heteroatoms. The summed E-state index contributed by atoms with van der Waals surface area (Å²) in [6.07, 6.45) is 1.91. The van der Waals surface area contributed by atoms with E-state index in [2.05, 4.69) is 52.2 Å². The van der Waals surface area contributed by atoms with Crippen LogP contribution in [0.3, 0.4) is 0 Å². The Bertz CT molecular complexity index is 1170. The minimum Gasteiger partial charge on any atom is -0.493 e. The van der Waals surface area contributed by atoms with Crippen molar-refractivity contribution in [1.82, 2.24) is 9.97 Å². The van der Waals surface area contributed by atoms with Crippen molar-refractivity contribution >= 4 is 29.0 Å². The van der Waals surface area contributed by atoms with Gasteiger partial charge in [-0.3, -0.25) is 0 Å². The Morgan fingerprint density at radius 3 is 2.33 bits per heavy atom. The first-order chi connectivity index (χ1) is 16.0. The van der Waals surface area contributed by atoms with Crippen LogP contribution in [0.25, 0.3) is 11.3 Å². The first-order valence-corrected chi connectivity index (χ1v) is 11.9. The molecule has 1 aromatic heterocycles. The zero-order chi connectivity index (χ0) is 24.0. The number of aromatic nitrogens is 2. The van der Waals surface area contributed by atoms with E-state index < -0.39 is 0 Å². The summed E-state index contributed by atoms with van der Waals surface area (Å²) in [7, 11) is 3.17. The molecule has 1 heterocycles. The number of hydrogen-bond donors (Lipinski definition) is 1. The van der Waals surface area contributed by atoms with Crippen LogP contribution in [0.2, 0.25) is 0 Å². The van der Waals surface area contributed by atoms with Gasteiger partial charge in [-0.15, -0.1) is 0 Å². The molecule has 7 nitrogen and oxygen atoms in total. The van der Waals surface area contributed by atoms with Gasteiger partial charge in [0.15, 0.2) is 22.5 Å². The average molecular weight is 464 g/mol. The van der Waals surface area contributed by atoms with Crippen LogP contribution in [0.1, 0.15) is 25.0 Å². The molecule has 3 rings (SSSR count). The fourth-order valence-corrected chi connectivity index (χ4v) is 3.99. The van der Waals surface area contributed by atoms with Crippen LogP contribution in [0, 0.1) is 18.3 Å². The third-order valence-electron chi connectivity index (χ3n) is 5.43. The number of hydrogen-bond acceptors (Lipinski definition) is 8. The third kappa shape index (κ3) is 5.15. The van der Waals surface area contributed by atoms with Crippen LogP contribution in [-0.4, -0.2) is 43.5 Å². The Balaban J connectivity index is 2.08. The lowest BCUT2D eigenvalue weighted by molar-refractivity contribution is 0.355. The monoisotopic (exact) mass is 463 g/mol. The first-order valence-electron chi connectivity index (χ1n) is 10.7. The minimum absolute atomic E-state index is 0.368. The van der Waals surface area contributed by atoms with E-state index >= 15 is 0 Å². The molecule has 1 N–H and O–H groups in total. The van der Waals surface area contributed by atoms with Crippen LogP contribution in [0.4, 0.5) is 17.2 Å². The van der Waals surface area contributed by atoms with Gasteiger partial charge < -0.3 is 19.7 Å². The summed E-state index contributed by atoms with van der Waals surface area (Å²) < 4.78 is 10.8. The van der Waals surface area contributed by atoms with E-state index in [-0.39, 0.29) is 0 Å². The second-order valence-corrected chi connectivity index (χ2v) is 8.03. The SMILES string of the molecule is CCN(CC)c1ccc(Nc2nc(SC)nc(-c3ccc(OC)c(OC)c3)c2C#N)c(C)c1. The predicted molar refractivity (Wildman–Crippen MR) is 135 cm³/mol. The van der Waals surface area contributed by atoms with Gasteiger partial charge in [0.2, 0.25) is 0 Å². The van der Waals surface area contributed by atoms with Gasteiger partial charge >= 0.3 is 0 Å². The molecule has 0 aliphatic heterocycles. The van der Waals surface area contributed by atoms with Crippen LogP contribution in [-0.2, 0) is 0 Å². The highest BCUT2D eigenvalue weighted by Gasteiger charge is 2.18.